The zero-order chi connectivity index (χ0) is 19.3. The Labute approximate surface area is 168 Å². The first-order valence-corrected chi connectivity index (χ1v) is 9.58. The maximum atomic E-state index is 12.6. The lowest BCUT2D eigenvalue weighted by Gasteiger charge is -2.22. The highest BCUT2D eigenvalue weighted by atomic mass is 35.5. The number of pyridine rings is 1. The molecule has 1 aliphatic rings. The van der Waals surface area contributed by atoms with E-state index in [9.17, 15) is 4.79 Å². The Morgan fingerprint density at radius 2 is 2.11 bits per heavy atom. The lowest BCUT2D eigenvalue weighted by molar-refractivity contribution is -0.134. The second-order valence-corrected chi connectivity index (χ2v) is 7.13. The van der Waals surface area contributed by atoms with Crippen LogP contribution in [-0.2, 0) is 11.2 Å². The zero-order valence-electron chi connectivity index (χ0n) is 15.3. The van der Waals surface area contributed by atoms with E-state index in [4.69, 9.17) is 20.8 Å². The molecule has 3 aromatic rings. The summed E-state index contributed by atoms with van der Waals surface area (Å²) in [6.45, 7) is 0.648. The summed E-state index contributed by atoms with van der Waals surface area (Å²) < 4.78 is 11.5. The van der Waals surface area contributed by atoms with Crippen molar-refractivity contribution in [3.8, 4) is 5.75 Å². The molecule has 0 unspecified atom stereocenters. The number of amides is 1. The summed E-state index contributed by atoms with van der Waals surface area (Å²) in [5, 5.41) is 0.704. The molecule has 1 atom stereocenters. The van der Waals surface area contributed by atoms with Gasteiger partial charge >= 0.3 is 0 Å². The molecule has 0 bridgehead atoms. The maximum absolute atomic E-state index is 12.6. The minimum Gasteiger partial charge on any atom is -0.482 e. The number of halogens is 1. The molecule has 28 heavy (non-hydrogen) atoms. The fraction of sp³-hybridized carbons (Fsp3) is 0.286. The van der Waals surface area contributed by atoms with Gasteiger partial charge in [-0.3, -0.25) is 9.78 Å². The number of hydrogen-bond donors (Lipinski definition) is 0. The number of nitrogens with zero attached hydrogens (tertiary/aromatic N) is 3. The SMILES string of the molecule is O=C(COc1cccnc1)N1CCC[C@@H]1c1ncc(Cc2ccc(Cl)cc2)o1. The zero-order valence-corrected chi connectivity index (χ0v) is 16.0. The van der Waals surface area contributed by atoms with Gasteiger partial charge in [0, 0.05) is 24.2 Å². The first-order valence-electron chi connectivity index (χ1n) is 9.20. The van der Waals surface area contributed by atoms with E-state index in [-0.39, 0.29) is 18.6 Å². The summed E-state index contributed by atoms with van der Waals surface area (Å²) in [7, 11) is 0. The number of likely N-dealkylation sites (tertiary alicyclic amines) is 1. The molecule has 0 N–H and O–H groups in total. The molecule has 1 aliphatic heterocycles. The third-order valence-electron chi connectivity index (χ3n) is 4.72. The van der Waals surface area contributed by atoms with E-state index in [0.717, 1.165) is 24.2 Å². The normalized spacial score (nSPS) is 16.3. The first-order chi connectivity index (χ1) is 13.7. The molecule has 0 aliphatic carbocycles. The van der Waals surface area contributed by atoms with E-state index >= 15 is 0 Å². The highest BCUT2D eigenvalue weighted by Gasteiger charge is 2.33. The van der Waals surface area contributed by atoms with Crippen molar-refractivity contribution in [1.29, 1.82) is 0 Å². The van der Waals surface area contributed by atoms with Gasteiger partial charge in [-0.15, -0.1) is 0 Å². The van der Waals surface area contributed by atoms with Gasteiger partial charge in [-0.25, -0.2) is 4.98 Å². The van der Waals surface area contributed by atoms with Crippen molar-refractivity contribution >= 4 is 17.5 Å². The van der Waals surface area contributed by atoms with Crippen LogP contribution in [0.1, 0.15) is 36.1 Å². The highest BCUT2D eigenvalue weighted by molar-refractivity contribution is 6.30. The van der Waals surface area contributed by atoms with E-state index in [0.29, 0.717) is 29.6 Å². The Hall–Kier alpha value is -2.86. The van der Waals surface area contributed by atoms with E-state index in [1.807, 2.05) is 24.3 Å². The Kier molecular flexibility index (Phi) is 5.58. The maximum Gasteiger partial charge on any atom is 0.261 e. The second-order valence-electron chi connectivity index (χ2n) is 6.69. The summed E-state index contributed by atoms with van der Waals surface area (Å²) in [5.74, 6) is 1.84. The topological polar surface area (TPSA) is 68.5 Å². The number of benzene rings is 1. The van der Waals surface area contributed by atoms with Crippen LogP contribution in [-0.4, -0.2) is 33.9 Å². The van der Waals surface area contributed by atoms with Gasteiger partial charge in [0.15, 0.2) is 6.61 Å². The third-order valence-corrected chi connectivity index (χ3v) is 4.97. The van der Waals surface area contributed by atoms with Gasteiger partial charge in [0.2, 0.25) is 5.89 Å². The molecule has 3 heterocycles. The average molecular weight is 398 g/mol. The lowest BCUT2D eigenvalue weighted by Crippen LogP contribution is -2.34. The van der Waals surface area contributed by atoms with Crippen molar-refractivity contribution in [1.82, 2.24) is 14.9 Å². The second kappa shape index (κ2) is 8.44. The van der Waals surface area contributed by atoms with Gasteiger partial charge in [-0.05, 0) is 42.7 Å². The van der Waals surface area contributed by atoms with Crippen molar-refractivity contribution in [2.24, 2.45) is 0 Å². The predicted molar refractivity (Wildman–Crippen MR) is 104 cm³/mol. The van der Waals surface area contributed by atoms with Gasteiger partial charge in [-0.2, -0.15) is 0 Å². The molecule has 2 aromatic heterocycles. The Balaban J connectivity index is 1.39. The Morgan fingerprint density at radius 3 is 2.89 bits per heavy atom. The Bertz CT molecular complexity index is 928. The summed E-state index contributed by atoms with van der Waals surface area (Å²) >= 11 is 5.93. The molecule has 4 rings (SSSR count). The van der Waals surface area contributed by atoms with Gasteiger partial charge < -0.3 is 14.1 Å². The fourth-order valence-electron chi connectivity index (χ4n) is 3.34. The molecule has 6 nitrogen and oxygen atoms in total. The number of rotatable bonds is 6. The molecule has 144 valence electrons. The standard InChI is InChI=1S/C21H20ClN3O3/c22-16-7-5-15(6-8-16)11-18-13-24-21(28-18)19-4-2-10-25(19)20(26)14-27-17-3-1-9-23-12-17/h1,3,5-9,12-13,19H,2,4,10-11,14H2/t19-/m1/s1. The molecule has 7 heteroatoms. The van der Waals surface area contributed by atoms with Crippen LogP contribution in [0.5, 0.6) is 5.75 Å². The largest absolute Gasteiger partial charge is 0.482 e. The number of hydrogen-bond acceptors (Lipinski definition) is 5. The molecule has 1 saturated heterocycles. The van der Waals surface area contributed by atoms with Gasteiger partial charge in [-0.1, -0.05) is 23.7 Å². The molecule has 0 radical (unpaired) electrons. The minimum absolute atomic E-state index is 0.0272. The van der Waals surface area contributed by atoms with Crippen LogP contribution in [0.3, 0.4) is 0 Å². The monoisotopic (exact) mass is 397 g/mol. The molecule has 1 fully saturated rings. The average Bonchev–Trinajstić information content (AvgIpc) is 3.38. The quantitative estimate of drug-likeness (QED) is 0.627. The van der Waals surface area contributed by atoms with Crippen LogP contribution < -0.4 is 4.74 Å². The van der Waals surface area contributed by atoms with Crippen LogP contribution in [0.2, 0.25) is 5.02 Å². The molecular formula is C21H20ClN3O3. The summed E-state index contributed by atoms with van der Waals surface area (Å²) in [4.78, 5) is 22.8. The van der Waals surface area contributed by atoms with Crippen molar-refractivity contribution < 1.29 is 13.9 Å². The lowest BCUT2D eigenvalue weighted by atomic mass is 10.1. The number of ether oxygens (including phenoxy) is 1. The van der Waals surface area contributed by atoms with Crippen molar-refractivity contribution in [3.63, 3.8) is 0 Å². The summed E-state index contributed by atoms with van der Waals surface area (Å²) in [6.07, 6.45) is 7.37. The fourth-order valence-corrected chi connectivity index (χ4v) is 3.47. The number of oxazole rings is 1. The van der Waals surface area contributed by atoms with E-state index in [1.54, 1.807) is 35.6 Å². The van der Waals surface area contributed by atoms with Crippen LogP contribution >= 0.6 is 11.6 Å². The van der Waals surface area contributed by atoms with Crippen LogP contribution in [0.4, 0.5) is 0 Å². The molecule has 1 aromatic carbocycles. The minimum atomic E-state index is -0.149. The van der Waals surface area contributed by atoms with Gasteiger partial charge in [0.25, 0.3) is 5.91 Å². The molecule has 0 saturated carbocycles. The van der Waals surface area contributed by atoms with Crippen molar-refractivity contribution in [2.75, 3.05) is 13.2 Å². The number of carbonyl (C=O) groups excluding carboxylic acids is 1. The van der Waals surface area contributed by atoms with Crippen LogP contribution in [0.15, 0.2) is 59.4 Å². The van der Waals surface area contributed by atoms with Gasteiger partial charge in [0.05, 0.1) is 12.4 Å². The summed E-state index contributed by atoms with van der Waals surface area (Å²) in [6, 6.07) is 11.0. The molecule has 1 amide bonds. The number of aromatic nitrogens is 2. The third kappa shape index (κ3) is 4.34. The van der Waals surface area contributed by atoms with Gasteiger partial charge in [0.1, 0.15) is 17.6 Å². The first kappa shape index (κ1) is 18.5. The smallest absolute Gasteiger partial charge is 0.261 e. The molecule has 0 spiro atoms. The van der Waals surface area contributed by atoms with Crippen molar-refractivity contribution in [3.05, 3.63) is 77.2 Å². The Morgan fingerprint density at radius 1 is 1.25 bits per heavy atom. The van der Waals surface area contributed by atoms with E-state index in [2.05, 4.69) is 9.97 Å². The van der Waals surface area contributed by atoms with Crippen molar-refractivity contribution in [2.45, 2.75) is 25.3 Å². The summed E-state index contributed by atoms with van der Waals surface area (Å²) in [5.41, 5.74) is 1.09. The highest BCUT2D eigenvalue weighted by Crippen LogP contribution is 2.32. The van der Waals surface area contributed by atoms with Crippen LogP contribution in [0, 0.1) is 0 Å². The van der Waals surface area contributed by atoms with E-state index < -0.39 is 0 Å². The molecular weight excluding hydrogens is 378 g/mol. The van der Waals surface area contributed by atoms with E-state index in [1.165, 1.54) is 0 Å². The predicted octanol–water partition coefficient (Wildman–Crippen LogP) is 4.06. The number of carbonyl (C=O) groups is 1. The van der Waals surface area contributed by atoms with Crippen LogP contribution in [0.25, 0.3) is 0 Å².